The molecule has 0 aliphatic rings. The van der Waals surface area contributed by atoms with Gasteiger partial charge in [-0.05, 0) is 235 Å². The summed E-state index contributed by atoms with van der Waals surface area (Å²) >= 11 is 0. The van der Waals surface area contributed by atoms with Crippen molar-refractivity contribution < 1.29 is 0 Å². The lowest BCUT2D eigenvalue weighted by atomic mass is 9.93. The van der Waals surface area contributed by atoms with Crippen LogP contribution >= 0.6 is 0 Å². The van der Waals surface area contributed by atoms with Gasteiger partial charge in [0.15, 0.2) is 0 Å². The molecule has 0 N–H and O–H groups in total. The third-order valence-electron chi connectivity index (χ3n) is 25.7. The smallest absolute Gasteiger partial charge is 0.0802 e. The first kappa shape index (κ1) is 80.0. The Morgan fingerprint density at radius 1 is 0.163 bits per heavy atom. The van der Waals surface area contributed by atoms with Crippen LogP contribution in [-0.4, -0.2) is 58.6 Å². The molecule has 0 saturated heterocycles. The predicted octanol–water partition coefficient (Wildman–Crippen LogP) is 30.7. The normalized spacial score (nSPS) is 11.4. The van der Waals surface area contributed by atoms with Crippen LogP contribution in [-0.2, 0) is 0 Å². The van der Waals surface area contributed by atoms with Crippen molar-refractivity contribution >= 4 is 97.7 Å². The number of nitrogens with zero attached hydrogens (tertiary/aromatic N) is 12. The Morgan fingerprint density at radius 3 is 1.02 bits per heavy atom. The lowest BCUT2D eigenvalue weighted by Gasteiger charge is -2.14. The van der Waals surface area contributed by atoms with Crippen molar-refractivity contribution in [2.45, 2.75) is 0 Å². The highest BCUT2D eigenvalue weighted by molar-refractivity contribution is 6.16. The van der Waals surface area contributed by atoms with E-state index in [1.54, 1.807) is 18.6 Å². The topological polar surface area (TPSA) is 131 Å². The molecule has 0 atom stereocenters. The van der Waals surface area contributed by atoms with Gasteiger partial charge in [0, 0.05) is 156 Å². The average Bonchev–Trinajstić information content (AvgIpc) is 1.52. The number of rotatable bonds is 14. The van der Waals surface area contributed by atoms with E-state index >= 15 is 0 Å². The van der Waals surface area contributed by atoms with E-state index in [0.717, 1.165) is 167 Å². The zero-order valence-corrected chi connectivity index (χ0v) is 73.1. The molecule has 135 heavy (non-hydrogen) atoms. The molecule has 12 heterocycles. The Morgan fingerprint density at radius 2 is 0.504 bits per heavy atom. The maximum absolute atomic E-state index is 5.23. The number of fused-ring (bicyclic) bond motifs is 13. The molecule has 26 aromatic rings. The first-order valence-corrected chi connectivity index (χ1v) is 45.2. The summed E-state index contributed by atoms with van der Waals surface area (Å²) in [4.78, 5) is 42.2. The molecule has 0 unspecified atom stereocenters. The number of aromatic nitrogens is 12. The monoisotopic (exact) mass is 1720 g/mol. The summed E-state index contributed by atoms with van der Waals surface area (Å²) in [6, 6.07) is 147. The third kappa shape index (κ3) is 15.3. The third-order valence-corrected chi connectivity index (χ3v) is 25.7. The summed E-state index contributed by atoms with van der Waals surface area (Å²) in [6.45, 7) is 0. The second-order valence-electron chi connectivity index (χ2n) is 33.7. The van der Waals surface area contributed by atoms with Gasteiger partial charge in [-0.1, -0.05) is 261 Å². The van der Waals surface area contributed by atoms with E-state index in [2.05, 4.69) is 427 Å². The lowest BCUT2D eigenvalue weighted by molar-refractivity contribution is 1.17. The minimum absolute atomic E-state index is 0.895. The molecule has 0 saturated carbocycles. The van der Waals surface area contributed by atoms with E-state index in [9.17, 15) is 0 Å². The Bertz CT molecular complexity index is 8830. The van der Waals surface area contributed by atoms with Gasteiger partial charge in [-0.2, -0.15) is 0 Å². The van der Waals surface area contributed by atoms with Gasteiger partial charge in [0.25, 0.3) is 0 Å². The fourth-order valence-electron chi connectivity index (χ4n) is 19.2. The van der Waals surface area contributed by atoms with Gasteiger partial charge in [0.1, 0.15) is 0 Å². The maximum atomic E-state index is 5.23. The highest BCUT2D eigenvalue weighted by Crippen LogP contribution is 2.44. The van der Waals surface area contributed by atoms with Crippen molar-refractivity contribution in [3.05, 3.63) is 487 Å². The summed E-state index contributed by atoms with van der Waals surface area (Å²) in [5, 5.41) is 14.4. The lowest BCUT2D eigenvalue weighted by Crippen LogP contribution is -1.95. The quantitative estimate of drug-likeness (QED) is 0.0977. The molecule has 0 spiro atoms. The van der Waals surface area contributed by atoms with Crippen LogP contribution in [0.1, 0.15) is 0 Å². The number of hydrogen-bond acceptors (Lipinski definition) is 9. The van der Waals surface area contributed by atoms with Crippen LogP contribution in [0.15, 0.2) is 487 Å². The van der Waals surface area contributed by atoms with Crippen molar-refractivity contribution in [2.75, 3.05) is 0 Å². The predicted molar refractivity (Wildman–Crippen MR) is 555 cm³/mol. The Hall–Kier alpha value is -18.4. The van der Waals surface area contributed by atoms with E-state index < -0.39 is 0 Å². The Kier molecular flexibility index (Phi) is 20.7. The summed E-state index contributed by atoms with van der Waals surface area (Å²) in [5.74, 6) is 0. The largest absolute Gasteiger partial charge is 0.309 e. The number of para-hydroxylation sites is 3. The van der Waals surface area contributed by atoms with Crippen molar-refractivity contribution in [1.29, 1.82) is 0 Å². The second-order valence-corrected chi connectivity index (χ2v) is 33.7. The highest BCUT2D eigenvalue weighted by atomic mass is 15.0. The van der Waals surface area contributed by atoms with Gasteiger partial charge < -0.3 is 13.7 Å². The zero-order valence-electron chi connectivity index (χ0n) is 73.1. The van der Waals surface area contributed by atoms with Gasteiger partial charge >= 0.3 is 0 Å². The van der Waals surface area contributed by atoms with Crippen molar-refractivity contribution in [3.63, 3.8) is 0 Å². The van der Waals surface area contributed by atoms with Crippen molar-refractivity contribution in [3.8, 4) is 140 Å². The van der Waals surface area contributed by atoms with E-state index in [-0.39, 0.29) is 0 Å². The van der Waals surface area contributed by atoms with Gasteiger partial charge in [-0.3, -0.25) is 29.9 Å². The molecule has 0 aliphatic carbocycles. The van der Waals surface area contributed by atoms with Crippen LogP contribution in [0.3, 0.4) is 0 Å². The van der Waals surface area contributed by atoms with Crippen LogP contribution in [0.5, 0.6) is 0 Å². The van der Waals surface area contributed by atoms with Crippen LogP contribution in [0.2, 0.25) is 0 Å². The number of benzene rings is 14. The van der Waals surface area contributed by atoms with Crippen molar-refractivity contribution in [2.24, 2.45) is 0 Å². The van der Waals surface area contributed by atoms with Gasteiger partial charge in [0.05, 0.1) is 73.0 Å². The van der Waals surface area contributed by atoms with Gasteiger partial charge in [-0.15, -0.1) is 0 Å². The Labute approximate surface area is 778 Å². The molecule has 0 fully saturated rings. The van der Waals surface area contributed by atoms with Crippen LogP contribution in [0.25, 0.3) is 238 Å². The molecule has 0 aliphatic heterocycles. The molecule has 0 bridgehead atoms. The molecule has 12 aromatic heterocycles. The summed E-state index contributed by atoms with van der Waals surface area (Å²) in [5.41, 5.74) is 33.1. The van der Waals surface area contributed by atoms with Crippen molar-refractivity contribution in [1.82, 2.24) is 58.6 Å². The van der Waals surface area contributed by atoms with E-state index in [0.29, 0.717) is 0 Å². The fraction of sp³-hybridized carbons (Fsp3) is 0. The van der Waals surface area contributed by atoms with Gasteiger partial charge in [-0.25, -0.2) is 15.0 Å². The first-order valence-electron chi connectivity index (χ1n) is 45.2. The number of hydrogen-bond donors (Lipinski definition) is 0. The van der Waals surface area contributed by atoms with Crippen LogP contribution in [0, 0.1) is 0 Å². The minimum atomic E-state index is 0.895. The minimum Gasteiger partial charge on any atom is -0.309 e. The fourth-order valence-corrected chi connectivity index (χ4v) is 19.2. The van der Waals surface area contributed by atoms with Crippen LogP contribution < -0.4 is 0 Å². The Balaban J connectivity index is 0.000000111. The summed E-state index contributed by atoms with van der Waals surface area (Å²) in [6.07, 6.45) is 20.6. The molecule has 12 heteroatoms. The number of pyridine rings is 9. The molecule has 632 valence electrons. The molecule has 14 aromatic carbocycles. The first-order chi connectivity index (χ1) is 66.9. The summed E-state index contributed by atoms with van der Waals surface area (Å²) < 4.78 is 6.96. The standard InChI is InChI=1S/C43H28N4.C41H26N4.C39H26N4/c1-2-10-31(11-3-1)43-42-37-14-6-7-15-40(37)47(41(42)22-24-45-43)36-20-18-30(19-21-36)38-26-35(27-39(46-38)34-13-8-23-44-28-34)33-17-16-29-9-4-5-12-32(29)25-33;1-2-10-32-28(8-1)22-36(34-12-4-3-11-33(32)34)39-24-30(23-38(44-39)29-9-7-20-42-25-29)27-15-17-31(18-16-27)45-40-14-6-5-13-35(40)37-26-43-21-19-41(37)45;1-2-7-27(8-3-1)28-12-14-30(15-13-28)36-23-32(24-37(42-36)31-9-6-21-40-25-31)29-16-18-33(19-17-29)43-38-11-5-4-10-34(38)35-26-41-22-20-39(35)43/h1-28H;1-26H;1-26H. The molecule has 26 rings (SSSR count). The SMILES string of the molecule is c1ccc(-c2ccc(-c3cc(-c4ccc(-n5c6ccccc6c6cnccc65)cc4)cc(-c4cccnc4)n3)cc2)cc1.c1ccc(-c2nccc3c2c2ccccc2n3-c2ccc(-c3cc(-c4ccc5ccccc5c4)cc(-c4cccnc4)n3)cc2)cc1.c1cncc(-c2cc(-c3ccc(-n4c5ccccc5c5cnccc54)cc3)cc(-c3cc4ccccc4c4ccccc34)n2)c1. The molecule has 0 amide bonds. The molecule has 0 radical (unpaired) electrons. The molecule has 12 nitrogen and oxygen atoms in total. The average molecular weight is 1730 g/mol. The van der Waals surface area contributed by atoms with E-state index in [4.69, 9.17) is 19.9 Å². The van der Waals surface area contributed by atoms with E-state index in [1.165, 1.54) is 70.6 Å². The van der Waals surface area contributed by atoms with Crippen LogP contribution in [0.4, 0.5) is 0 Å². The highest BCUT2D eigenvalue weighted by Gasteiger charge is 2.22. The summed E-state index contributed by atoms with van der Waals surface area (Å²) in [7, 11) is 0. The van der Waals surface area contributed by atoms with Gasteiger partial charge in [0.2, 0.25) is 0 Å². The molecular weight excluding hydrogens is 1650 g/mol. The maximum Gasteiger partial charge on any atom is 0.0802 e. The second kappa shape index (κ2) is 34.9. The van der Waals surface area contributed by atoms with E-state index in [1.807, 2.05) is 79.9 Å². The molecular formula is C123H80N12. The zero-order chi connectivity index (χ0) is 89.5.